The number of ether oxygens (including phenoxy) is 1. The molecule has 0 unspecified atom stereocenters. The third kappa shape index (κ3) is 2.60. The molecule has 1 aliphatic rings. The van der Waals surface area contributed by atoms with Gasteiger partial charge in [0.25, 0.3) is 5.91 Å². The van der Waals surface area contributed by atoms with E-state index < -0.39 is 11.4 Å². The minimum atomic E-state index is -0.896. The van der Waals surface area contributed by atoms with E-state index in [-0.39, 0.29) is 11.9 Å². The third-order valence-electron chi connectivity index (χ3n) is 3.57. The van der Waals surface area contributed by atoms with Crippen LogP contribution in [0.1, 0.15) is 41.7 Å². The Labute approximate surface area is 117 Å². The molecule has 5 N–H and O–H groups in total. The molecule has 0 aromatic heterocycles. The van der Waals surface area contributed by atoms with Crippen molar-refractivity contribution in [3.63, 3.8) is 0 Å². The Bertz CT molecular complexity index is 551. The fourth-order valence-corrected chi connectivity index (χ4v) is 2.03. The second-order valence-electron chi connectivity index (χ2n) is 5.15. The summed E-state index contributed by atoms with van der Waals surface area (Å²) in [7, 11) is 1.48. The predicted molar refractivity (Wildman–Crippen MR) is 74.2 cm³/mol. The number of carbonyl (C=O) groups is 2. The molecule has 0 bridgehead atoms. The summed E-state index contributed by atoms with van der Waals surface area (Å²) < 4.78 is 5.18. The molecule has 0 heterocycles. The van der Waals surface area contributed by atoms with Gasteiger partial charge in [-0.2, -0.15) is 0 Å². The number of rotatable bonds is 5. The van der Waals surface area contributed by atoms with E-state index in [1.54, 1.807) is 18.2 Å². The van der Waals surface area contributed by atoms with Crippen molar-refractivity contribution in [3.05, 3.63) is 29.3 Å². The standard InChI is InChI=1S/C14H19N3O3/c1-8(15)9-3-4-11(20-2)10(7-9)12(18)17-14(5-6-14)13(16)19/h3-4,7-8H,5-6,15H2,1-2H3,(H2,16,19)(H,17,18)/t8-/m0/s1. The Kier molecular flexibility index (Phi) is 3.67. The molecule has 0 spiro atoms. The smallest absolute Gasteiger partial charge is 0.255 e. The quantitative estimate of drug-likeness (QED) is 0.726. The first-order valence-corrected chi connectivity index (χ1v) is 6.45. The van der Waals surface area contributed by atoms with E-state index in [4.69, 9.17) is 16.2 Å². The van der Waals surface area contributed by atoms with Crippen molar-refractivity contribution in [1.29, 1.82) is 0 Å². The number of nitrogens with one attached hydrogen (secondary N) is 1. The highest BCUT2D eigenvalue weighted by atomic mass is 16.5. The lowest BCUT2D eigenvalue weighted by Gasteiger charge is -2.16. The van der Waals surface area contributed by atoms with Crippen molar-refractivity contribution in [2.75, 3.05) is 7.11 Å². The van der Waals surface area contributed by atoms with E-state index in [0.717, 1.165) is 5.56 Å². The van der Waals surface area contributed by atoms with Crippen LogP contribution < -0.4 is 21.5 Å². The maximum Gasteiger partial charge on any atom is 0.255 e. The van der Waals surface area contributed by atoms with Gasteiger partial charge in [-0.1, -0.05) is 6.07 Å². The van der Waals surface area contributed by atoms with Gasteiger partial charge in [0.15, 0.2) is 0 Å². The summed E-state index contributed by atoms with van der Waals surface area (Å²) >= 11 is 0. The zero-order valence-electron chi connectivity index (χ0n) is 11.6. The van der Waals surface area contributed by atoms with Gasteiger partial charge in [-0.15, -0.1) is 0 Å². The molecule has 2 rings (SSSR count). The van der Waals surface area contributed by atoms with E-state index in [1.165, 1.54) is 7.11 Å². The van der Waals surface area contributed by atoms with Gasteiger partial charge in [0.2, 0.25) is 5.91 Å². The van der Waals surface area contributed by atoms with Crippen LogP contribution >= 0.6 is 0 Å². The molecule has 1 saturated carbocycles. The molecule has 2 amide bonds. The number of hydrogen-bond donors (Lipinski definition) is 3. The zero-order chi connectivity index (χ0) is 14.9. The van der Waals surface area contributed by atoms with Crippen molar-refractivity contribution in [2.45, 2.75) is 31.3 Å². The van der Waals surface area contributed by atoms with Crippen LogP contribution in [-0.2, 0) is 4.79 Å². The second-order valence-corrected chi connectivity index (χ2v) is 5.15. The average molecular weight is 277 g/mol. The van der Waals surface area contributed by atoms with Gasteiger partial charge in [-0.3, -0.25) is 9.59 Å². The highest BCUT2D eigenvalue weighted by Crippen LogP contribution is 2.35. The van der Waals surface area contributed by atoms with E-state index in [9.17, 15) is 9.59 Å². The highest BCUT2D eigenvalue weighted by molar-refractivity contribution is 6.02. The molecule has 0 aliphatic heterocycles. The van der Waals surface area contributed by atoms with Crippen LogP contribution in [0.25, 0.3) is 0 Å². The van der Waals surface area contributed by atoms with Crippen molar-refractivity contribution >= 4 is 11.8 Å². The first-order chi connectivity index (χ1) is 9.39. The Morgan fingerprint density at radius 3 is 2.50 bits per heavy atom. The lowest BCUT2D eigenvalue weighted by Crippen LogP contribution is -2.46. The topological polar surface area (TPSA) is 107 Å². The summed E-state index contributed by atoms with van der Waals surface area (Å²) in [6.45, 7) is 1.83. The van der Waals surface area contributed by atoms with Crippen LogP contribution in [0.2, 0.25) is 0 Å². The molecule has 108 valence electrons. The number of benzene rings is 1. The molecule has 6 nitrogen and oxygen atoms in total. The molecule has 6 heteroatoms. The molecule has 1 aliphatic carbocycles. The minimum absolute atomic E-state index is 0.196. The normalized spacial score (nSPS) is 17.1. The number of amides is 2. The fraction of sp³-hybridized carbons (Fsp3) is 0.429. The fourth-order valence-electron chi connectivity index (χ4n) is 2.03. The van der Waals surface area contributed by atoms with E-state index in [0.29, 0.717) is 24.2 Å². The summed E-state index contributed by atoms with van der Waals surface area (Å²) in [6, 6.07) is 4.98. The molecule has 1 atom stereocenters. The molecular weight excluding hydrogens is 258 g/mol. The van der Waals surface area contributed by atoms with Crippen molar-refractivity contribution in [2.24, 2.45) is 11.5 Å². The second kappa shape index (κ2) is 5.13. The highest BCUT2D eigenvalue weighted by Gasteiger charge is 2.50. The first kappa shape index (κ1) is 14.3. The minimum Gasteiger partial charge on any atom is -0.496 e. The van der Waals surface area contributed by atoms with Crippen LogP contribution in [0.5, 0.6) is 5.75 Å². The molecule has 1 aromatic rings. The maximum absolute atomic E-state index is 12.3. The molecule has 1 aromatic carbocycles. The van der Waals surface area contributed by atoms with Gasteiger partial charge in [0.1, 0.15) is 11.3 Å². The number of primary amides is 1. The number of hydrogen-bond acceptors (Lipinski definition) is 4. The van der Waals surface area contributed by atoms with Gasteiger partial charge in [0, 0.05) is 6.04 Å². The molecular formula is C14H19N3O3. The van der Waals surface area contributed by atoms with E-state index in [2.05, 4.69) is 5.32 Å². The third-order valence-corrected chi connectivity index (χ3v) is 3.57. The zero-order valence-corrected chi connectivity index (χ0v) is 11.6. The summed E-state index contributed by atoms with van der Waals surface area (Å²) in [5.74, 6) is -0.444. The van der Waals surface area contributed by atoms with Crippen LogP contribution in [0.3, 0.4) is 0 Å². The monoisotopic (exact) mass is 277 g/mol. The van der Waals surface area contributed by atoms with Crippen LogP contribution in [0, 0.1) is 0 Å². The van der Waals surface area contributed by atoms with E-state index in [1.807, 2.05) is 6.92 Å². The number of methoxy groups -OCH3 is 1. The molecule has 1 fully saturated rings. The largest absolute Gasteiger partial charge is 0.496 e. The first-order valence-electron chi connectivity index (χ1n) is 6.45. The number of carbonyl (C=O) groups excluding carboxylic acids is 2. The lowest BCUT2D eigenvalue weighted by atomic mass is 10.0. The van der Waals surface area contributed by atoms with Crippen molar-refractivity contribution < 1.29 is 14.3 Å². The Balaban J connectivity index is 2.28. The van der Waals surface area contributed by atoms with Crippen molar-refractivity contribution in [3.8, 4) is 5.75 Å². The Morgan fingerprint density at radius 1 is 1.40 bits per heavy atom. The predicted octanol–water partition coefficient (Wildman–Crippen LogP) is 0.463. The maximum atomic E-state index is 12.3. The Hall–Kier alpha value is -2.08. The average Bonchev–Trinajstić information content (AvgIpc) is 3.18. The summed E-state index contributed by atoms with van der Waals surface area (Å²) in [4.78, 5) is 23.7. The van der Waals surface area contributed by atoms with Crippen LogP contribution in [0.15, 0.2) is 18.2 Å². The van der Waals surface area contributed by atoms with Gasteiger partial charge in [0.05, 0.1) is 12.7 Å². The summed E-state index contributed by atoms with van der Waals surface area (Å²) in [5.41, 5.74) is 11.4. The summed E-state index contributed by atoms with van der Waals surface area (Å²) in [6.07, 6.45) is 1.15. The Morgan fingerprint density at radius 2 is 2.05 bits per heavy atom. The van der Waals surface area contributed by atoms with Crippen molar-refractivity contribution in [1.82, 2.24) is 5.32 Å². The molecule has 20 heavy (non-hydrogen) atoms. The lowest BCUT2D eigenvalue weighted by molar-refractivity contribution is -0.120. The molecule has 0 radical (unpaired) electrons. The van der Waals surface area contributed by atoms with Gasteiger partial charge in [-0.05, 0) is 37.5 Å². The summed E-state index contributed by atoms with van der Waals surface area (Å²) in [5, 5.41) is 2.69. The van der Waals surface area contributed by atoms with Gasteiger partial charge in [-0.25, -0.2) is 0 Å². The van der Waals surface area contributed by atoms with Crippen LogP contribution in [-0.4, -0.2) is 24.5 Å². The van der Waals surface area contributed by atoms with Gasteiger partial charge < -0.3 is 21.5 Å². The van der Waals surface area contributed by atoms with Gasteiger partial charge >= 0.3 is 0 Å². The molecule has 0 saturated heterocycles. The van der Waals surface area contributed by atoms with E-state index >= 15 is 0 Å². The SMILES string of the molecule is COc1ccc([C@H](C)N)cc1C(=O)NC1(C(N)=O)CC1. The van der Waals surface area contributed by atoms with Crippen LogP contribution in [0.4, 0.5) is 0 Å². The number of nitrogens with two attached hydrogens (primary N) is 2.